The van der Waals surface area contributed by atoms with Crippen molar-refractivity contribution in [2.45, 2.75) is 11.7 Å². The van der Waals surface area contributed by atoms with Gasteiger partial charge in [0.05, 0.1) is 6.61 Å². The molecule has 2 aromatic rings. The standard InChI is InChI=1S/C15H12ClFO2/c16-13-4-2-1-3-12(13)14-15(9-18,19-14)10-5-7-11(17)8-6-10/h1-8,14,18H,9H2/t14-,15-/m1/s1. The molecule has 1 N–H and O–H groups in total. The lowest BCUT2D eigenvalue weighted by molar-refractivity contribution is 0.172. The van der Waals surface area contributed by atoms with E-state index >= 15 is 0 Å². The third-order valence-electron chi connectivity index (χ3n) is 3.45. The molecule has 1 aliphatic heterocycles. The lowest BCUT2D eigenvalue weighted by Gasteiger charge is -2.10. The second kappa shape index (κ2) is 4.60. The zero-order valence-corrected chi connectivity index (χ0v) is 10.8. The van der Waals surface area contributed by atoms with Crippen LogP contribution >= 0.6 is 11.6 Å². The summed E-state index contributed by atoms with van der Waals surface area (Å²) in [4.78, 5) is 0. The molecule has 4 heteroatoms. The first kappa shape index (κ1) is 12.6. The number of hydrogen-bond acceptors (Lipinski definition) is 2. The second-order valence-corrected chi connectivity index (χ2v) is 4.98. The molecule has 1 heterocycles. The van der Waals surface area contributed by atoms with Crippen LogP contribution in [0.15, 0.2) is 48.5 Å². The third kappa shape index (κ3) is 2.04. The Bertz CT molecular complexity index is 599. The number of hydrogen-bond donors (Lipinski definition) is 1. The molecule has 2 nitrogen and oxygen atoms in total. The molecule has 0 bridgehead atoms. The van der Waals surface area contributed by atoms with Crippen LogP contribution in [0.2, 0.25) is 5.02 Å². The molecular formula is C15H12ClFO2. The predicted molar refractivity (Wildman–Crippen MR) is 70.4 cm³/mol. The Hall–Kier alpha value is -1.42. The van der Waals surface area contributed by atoms with Crippen molar-refractivity contribution >= 4 is 11.6 Å². The average Bonchev–Trinajstić information content (AvgIpc) is 3.16. The maximum Gasteiger partial charge on any atom is 0.147 e. The van der Waals surface area contributed by atoms with Crippen LogP contribution in [-0.4, -0.2) is 11.7 Å². The van der Waals surface area contributed by atoms with E-state index in [1.165, 1.54) is 12.1 Å². The summed E-state index contributed by atoms with van der Waals surface area (Å²) < 4.78 is 18.6. The quantitative estimate of drug-likeness (QED) is 0.873. The van der Waals surface area contributed by atoms with E-state index in [4.69, 9.17) is 16.3 Å². The van der Waals surface area contributed by atoms with Crippen molar-refractivity contribution in [3.63, 3.8) is 0 Å². The van der Waals surface area contributed by atoms with Gasteiger partial charge in [-0.25, -0.2) is 4.39 Å². The zero-order valence-electron chi connectivity index (χ0n) is 10.0. The Balaban J connectivity index is 1.96. The van der Waals surface area contributed by atoms with E-state index in [9.17, 15) is 9.50 Å². The Morgan fingerprint density at radius 2 is 1.84 bits per heavy atom. The Morgan fingerprint density at radius 1 is 1.16 bits per heavy atom. The maximum absolute atomic E-state index is 13.0. The molecule has 3 rings (SSSR count). The minimum Gasteiger partial charge on any atom is -0.393 e. The molecule has 1 fully saturated rings. The van der Waals surface area contributed by atoms with Gasteiger partial charge in [-0.1, -0.05) is 41.9 Å². The van der Waals surface area contributed by atoms with Crippen molar-refractivity contribution in [1.29, 1.82) is 0 Å². The van der Waals surface area contributed by atoms with E-state index in [-0.39, 0.29) is 18.5 Å². The second-order valence-electron chi connectivity index (χ2n) is 4.57. The molecule has 0 aliphatic carbocycles. The SMILES string of the molecule is OC[C@]1(c2ccc(F)cc2)O[C@@H]1c1ccccc1Cl. The topological polar surface area (TPSA) is 32.8 Å². The minimum atomic E-state index is -0.807. The minimum absolute atomic E-state index is 0.172. The fraction of sp³-hybridized carbons (Fsp3) is 0.200. The number of aliphatic hydroxyl groups excluding tert-OH is 1. The average molecular weight is 279 g/mol. The van der Waals surface area contributed by atoms with Crippen LogP contribution in [0.5, 0.6) is 0 Å². The summed E-state index contributed by atoms with van der Waals surface area (Å²) in [5.41, 5.74) is 0.780. The highest BCUT2D eigenvalue weighted by Crippen LogP contribution is 2.57. The van der Waals surface area contributed by atoms with Crippen molar-refractivity contribution in [2.75, 3.05) is 6.61 Å². The van der Waals surface area contributed by atoms with E-state index in [0.717, 1.165) is 11.1 Å². The van der Waals surface area contributed by atoms with Crippen molar-refractivity contribution < 1.29 is 14.2 Å². The number of aliphatic hydroxyl groups is 1. The van der Waals surface area contributed by atoms with Gasteiger partial charge < -0.3 is 9.84 Å². The van der Waals surface area contributed by atoms with Gasteiger partial charge in [0.1, 0.15) is 17.5 Å². The van der Waals surface area contributed by atoms with Crippen molar-refractivity contribution in [2.24, 2.45) is 0 Å². The summed E-state index contributed by atoms with van der Waals surface area (Å²) in [5.74, 6) is -0.313. The van der Waals surface area contributed by atoms with Crippen LogP contribution in [0.3, 0.4) is 0 Å². The Labute approximate surface area is 115 Å². The molecule has 0 aromatic heterocycles. The van der Waals surface area contributed by atoms with Gasteiger partial charge in [0.25, 0.3) is 0 Å². The van der Waals surface area contributed by atoms with Crippen LogP contribution in [0.1, 0.15) is 17.2 Å². The number of benzene rings is 2. The largest absolute Gasteiger partial charge is 0.393 e. The number of rotatable bonds is 3. The highest BCUT2D eigenvalue weighted by atomic mass is 35.5. The third-order valence-corrected chi connectivity index (χ3v) is 3.79. The summed E-state index contributed by atoms with van der Waals surface area (Å²) in [5, 5.41) is 10.2. The fourth-order valence-corrected chi connectivity index (χ4v) is 2.58. The van der Waals surface area contributed by atoms with Crippen molar-refractivity contribution in [1.82, 2.24) is 0 Å². The highest BCUT2D eigenvalue weighted by Gasteiger charge is 2.58. The van der Waals surface area contributed by atoms with E-state index in [1.807, 2.05) is 18.2 Å². The molecule has 0 spiro atoms. The molecule has 0 saturated carbocycles. The van der Waals surface area contributed by atoms with Gasteiger partial charge in [0, 0.05) is 10.6 Å². The summed E-state index contributed by atoms with van der Waals surface area (Å²) in [6.45, 7) is -0.172. The number of ether oxygens (including phenoxy) is 1. The van der Waals surface area contributed by atoms with Crippen LogP contribution in [0, 0.1) is 5.82 Å². The molecule has 0 amide bonds. The summed E-state index contributed by atoms with van der Waals surface area (Å²) in [7, 11) is 0. The highest BCUT2D eigenvalue weighted by molar-refractivity contribution is 6.31. The summed E-state index contributed by atoms with van der Waals surface area (Å²) in [6, 6.07) is 13.3. The molecule has 1 aliphatic rings. The van der Waals surface area contributed by atoms with Gasteiger partial charge in [-0.3, -0.25) is 0 Å². The first-order chi connectivity index (χ1) is 9.17. The first-order valence-electron chi connectivity index (χ1n) is 5.96. The molecule has 2 atom stereocenters. The zero-order chi connectivity index (χ0) is 13.5. The van der Waals surface area contributed by atoms with Crippen LogP contribution < -0.4 is 0 Å². The fourth-order valence-electron chi connectivity index (χ4n) is 2.34. The van der Waals surface area contributed by atoms with E-state index in [0.29, 0.717) is 5.02 Å². The van der Waals surface area contributed by atoms with Crippen LogP contribution in [-0.2, 0) is 10.3 Å². The lowest BCUT2D eigenvalue weighted by Crippen LogP contribution is -2.15. The first-order valence-corrected chi connectivity index (χ1v) is 6.34. The van der Waals surface area contributed by atoms with Crippen LogP contribution in [0.4, 0.5) is 4.39 Å². The smallest absolute Gasteiger partial charge is 0.147 e. The van der Waals surface area contributed by atoms with E-state index in [2.05, 4.69) is 0 Å². The molecule has 0 radical (unpaired) electrons. The molecule has 0 unspecified atom stereocenters. The maximum atomic E-state index is 13.0. The number of epoxide rings is 1. The van der Waals surface area contributed by atoms with Gasteiger partial charge in [-0.05, 0) is 23.8 Å². The van der Waals surface area contributed by atoms with E-state index in [1.54, 1.807) is 18.2 Å². The van der Waals surface area contributed by atoms with Crippen LogP contribution in [0.25, 0.3) is 0 Å². The van der Waals surface area contributed by atoms with E-state index < -0.39 is 5.60 Å². The molecule has 1 saturated heterocycles. The van der Waals surface area contributed by atoms with Gasteiger partial charge in [-0.15, -0.1) is 0 Å². The molecule has 19 heavy (non-hydrogen) atoms. The Kier molecular flexibility index (Phi) is 3.05. The molecule has 2 aromatic carbocycles. The van der Waals surface area contributed by atoms with Crippen molar-refractivity contribution in [3.05, 3.63) is 70.5 Å². The van der Waals surface area contributed by atoms with Gasteiger partial charge >= 0.3 is 0 Å². The lowest BCUT2D eigenvalue weighted by atomic mass is 9.92. The summed E-state index contributed by atoms with van der Waals surface area (Å²) >= 11 is 6.13. The van der Waals surface area contributed by atoms with Gasteiger partial charge in [-0.2, -0.15) is 0 Å². The molecule has 98 valence electrons. The number of halogens is 2. The normalized spacial score (nSPS) is 25.3. The van der Waals surface area contributed by atoms with Crippen molar-refractivity contribution in [3.8, 4) is 0 Å². The van der Waals surface area contributed by atoms with Gasteiger partial charge in [0.15, 0.2) is 0 Å². The molecular weight excluding hydrogens is 267 g/mol. The summed E-state index contributed by atoms with van der Waals surface area (Å²) in [6.07, 6.45) is -0.295. The Morgan fingerprint density at radius 3 is 2.47 bits per heavy atom. The monoisotopic (exact) mass is 278 g/mol. The van der Waals surface area contributed by atoms with Gasteiger partial charge in [0.2, 0.25) is 0 Å². The predicted octanol–water partition coefficient (Wildman–Crippen LogP) is 3.44.